The molecule has 1 fully saturated rings. The molecular weight excluding hydrogens is 449 g/mol. The Bertz CT molecular complexity index is 700. The second kappa shape index (κ2) is 8.24. The van der Waals surface area contributed by atoms with Crippen molar-refractivity contribution in [2.24, 2.45) is 4.99 Å². The Hall–Kier alpha value is -0.830. The minimum absolute atomic E-state index is 0. The maximum absolute atomic E-state index is 12.2. The molecule has 1 aliphatic heterocycles. The molecule has 0 atom stereocenters. The summed E-state index contributed by atoms with van der Waals surface area (Å²) < 4.78 is 23.6. The standard InChI is InChI=1S/C18H29N3O2S.HI/c1-17(2,15-9-7-6-8-10-15)13-20-16(19-5)21-11-12-24(22,23)18(3,4)14-21;/h6-10H,11-14H2,1-5H3,(H,19,20);1H. The number of hydrogen-bond acceptors (Lipinski definition) is 3. The number of sulfone groups is 1. The number of rotatable bonds is 3. The molecule has 0 aliphatic carbocycles. The topological polar surface area (TPSA) is 61.8 Å². The van der Waals surface area contributed by atoms with E-state index in [0.717, 1.165) is 12.5 Å². The van der Waals surface area contributed by atoms with Crippen LogP contribution in [0.3, 0.4) is 0 Å². The molecule has 1 aromatic rings. The molecule has 1 aliphatic rings. The van der Waals surface area contributed by atoms with Gasteiger partial charge in [-0.2, -0.15) is 0 Å². The van der Waals surface area contributed by atoms with Gasteiger partial charge in [-0.15, -0.1) is 24.0 Å². The van der Waals surface area contributed by atoms with Gasteiger partial charge in [-0.3, -0.25) is 4.99 Å². The Balaban J connectivity index is 0.00000312. The first kappa shape index (κ1) is 22.2. The van der Waals surface area contributed by atoms with Gasteiger partial charge in [0.05, 0.1) is 10.5 Å². The first-order valence-corrected chi connectivity index (χ1v) is 9.98. The molecule has 0 amide bonds. The van der Waals surface area contributed by atoms with Crippen LogP contribution in [0.25, 0.3) is 0 Å². The highest BCUT2D eigenvalue weighted by atomic mass is 127. The van der Waals surface area contributed by atoms with Crippen molar-refractivity contribution < 1.29 is 8.42 Å². The molecule has 1 aromatic carbocycles. The van der Waals surface area contributed by atoms with Crippen molar-refractivity contribution in [2.45, 2.75) is 37.9 Å². The summed E-state index contributed by atoms with van der Waals surface area (Å²) in [6, 6.07) is 10.4. The van der Waals surface area contributed by atoms with E-state index in [1.807, 2.05) is 23.1 Å². The molecule has 25 heavy (non-hydrogen) atoms. The summed E-state index contributed by atoms with van der Waals surface area (Å²) in [7, 11) is -1.30. The van der Waals surface area contributed by atoms with E-state index in [2.05, 4.69) is 36.3 Å². The van der Waals surface area contributed by atoms with E-state index in [-0.39, 0.29) is 35.1 Å². The van der Waals surface area contributed by atoms with Crippen LogP contribution in [0.5, 0.6) is 0 Å². The fraction of sp³-hybridized carbons (Fsp3) is 0.611. The lowest BCUT2D eigenvalue weighted by Gasteiger charge is -2.40. The van der Waals surface area contributed by atoms with Crippen LogP contribution in [0.15, 0.2) is 35.3 Å². The Morgan fingerprint density at radius 3 is 2.40 bits per heavy atom. The number of halogens is 1. The van der Waals surface area contributed by atoms with Gasteiger partial charge < -0.3 is 10.2 Å². The number of guanidine groups is 1. The van der Waals surface area contributed by atoms with E-state index in [4.69, 9.17) is 0 Å². The zero-order valence-corrected chi connectivity index (χ0v) is 18.9. The van der Waals surface area contributed by atoms with Crippen LogP contribution in [0, 0.1) is 0 Å². The minimum Gasteiger partial charge on any atom is -0.355 e. The van der Waals surface area contributed by atoms with E-state index in [1.165, 1.54) is 5.56 Å². The van der Waals surface area contributed by atoms with Crippen molar-refractivity contribution in [2.75, 3.05) is 32.4 Å². The maximum Gasteiger partial charge on any atom is 0.193 e. The van der Waals surface area contributed by atoms with Crippen LogP contribution in [0.1, 0.15) is 33.3 Å². The van der Waals surface area contributed by atoms with Gasteiger partial charge >= 0.3 is 0 Å². The van der Waals surface area contributed by atoms with Crippen molar-refractivity contribution in [3.05, 3.63) is 35.9 Å². The number of nitrogens with zero attached hydrogens (tertiary/aromatic N) is 2. The molecule has 0 bridgehead atoms. The average molecular weight is 479 g/mol. The zero-order valence-electron chi connectivity index (χ0n) is 15.7. The van der Waals surface area contributed by atoms with Gasteiger partial charge in [-0.1, -0.05) is 44.2 Å². The molecule has 2 rings (SSSR count). The lowest BCUT2D eigenvalue weighted by molar-refractivity contribution is 0.349. The summed E-state index contributed by atoms with van der Waals surface area (Å²) >= 11 is 0. The van der Waals surface area contributed by atoms with Gasteiger partial charge in [0, 0.05) is 32.1 Å². The summed E-state index contributed by atoms with van der Waals surface area (Å²) in [6.45, 7) is 9.62. The van der Waals surface area contributed by atoms with E-state index in [0.29, 0.717) is 13.1 Å². The Morgan fingerprint density at radius 2 is 1.88 bits per heavy atom. The average Bonchev–Trinajstić information content (AvgIpc) is 2.52. The lowest BCUT2D eigenvalue weighted by Crippen LogP contribution is -2.58. The summed E-state index contributed by atoms with van der Waals surface area (Å²) in [4.78, 5) is 6.40. The van der Waals surface area contributed by atoms with Gasteiger partial charge in [0.2, 0.25) is 0 Å². The normalized spacial score (nSPS) is 19.9. The number of benzene rings is 1. The molecular formula is C18H30IN3O2S. The van der Waals surface area contributed by atoms with Gasteiger partial charge in [0.15, 0.2) is 15.8 Å². The number of aliphatic imine (C=N–C) groups is 1. The molecule has 0 aromatic heterocycles. The molecule has 1 saturated heterocycles. The van der Waals surface area contributed by atoms with E-state index >= 15 is 0 Å². The molecule has 1 heterocycles. The maximum atomic E-state index is 12.2. The third kappa shape index (κ3) is 5.09. The largest absolute Gasteiger partial charge is 0.355 e. The fourth-order valence-electron chi connectivity index (χ4n) is 2.95. The Labute approximate surface area is 169 Å². The molecule has 0 spiro atoms. The van der Waals surface area contributed by atoms with Crippen molar-refractivity contribution in [1.82, 2.24) is 10.2 Å². The number of nitrogens with one attached hydrogen (secondary N) is 1. The van der Waals surface area contributed by atoms with E-state index in [1.54, 1.807) is 20.9 Å². The summed E-state index contributed by atoms with van der Waals surface area (Å²) in [5.74, 6) is 0.935. The minimum atomic E-state index is -3.05. The zero-order chi connectivity index (χ0) is 18.0. The van der Waals surface area contributed by atoms with Crippen LogP contribution < -0.4 is 5.32 Å². The smallest absolute Gasteiger partial charge is 0.193 e. The predicted molar refractivity (Wildman–Crippen MR) is 116 cm³/mol. The van der Waals surface area contributed by atoms with Crippen LogP contribution in [0.2, 0.25) is 0 Å². The van der Waals surface area contributed by atoms with Crippen LogP contribution in [-0.2, 0) is 15.3 Å². The molecule has 142 valence electrons. The Kier molecular flexibility index (Phi) is 7.32. The fourth-order valence-corrected chi connectivity index (χ4v) is 4.31. The second-order valence-electron chi connectivity index (χ2n) is 7.65. The van der Waals surface area contributed by atoms with Crippen molar-refractivity contribution in [1.29, 1.82) is 0 Å². The highest BCUT2D eigenvalue weighted by Gasteiger charge is 2.41. The molecule has 0 radical (unpaired) electrons. The van der Waals surface area contributed by atoms with Gasteiger partial charge in [-0.05, 0) is 19.4 Å². The van der Waals surface area contributed by atoms with E-state index < -0.39 is 14.6 Å². The quantitative estimate of drug-likeness (QED) is 0.412. The molecule has 5 nitrogen and oxygen atoms in total. The third-order valence-corrected chi connectivity index (χ3v) is 7.33. The SMILES string of the molecule is CN=C(NCC(C)(C)c1ccccc1)N1CCS(=O)(=O)C(C)(C)C1.I. The second-order valence-corrected chi connectivity index (χ2v) is 10.4. The van der Waals surface area contributed by atoms with Crippen molar-refractivity contribution in [3.8, 4) is 0 Å². The predicted octanol–water partition coefficient (Wildman–Crippen LogP) is 2.67. The van der Waals surface area contributed by atoms with Gasteiger partial charge in [0.25, 0.3) is 0 Å². The van der Waals surface area contributed by atoms with E-state index in [9.17, 15) is 8.42 Å². The molecule has 0 saturated carbocycles. The van der Waals surface area contributed by atoms with Crippen LogP contribution in [0.4, 0.5) is 0 Å². The Morgan fingerprint density at radius 1 is 1.28 bits per heavy atom. The van der Waals surface area contributed by atoms with Gasteiger partial charge in [0.1, 0.15) is 0 Å². The first-order valence-electron chi connectivity index (χ1n) is 8.32. The van der Waals surface area contributed by atoms with Crippen molar-refractivity contribution >= 4 is 39.8 Å². The molecule has 1 N–H and O–H groups in total. The highest BCUT2D eigenvalue weighted by molar-refractivity contribution is 14.0. The van der Waals surface area contributed by atoms with Crippen LogP contribution in [-0.4, -0.2) is 56.5 Å². The van der Waals surface area contributed by atoms with Crippen LogP contribution >= 0.6 is 24.0 Å². The monoisotopic (exact) mass is 479 g/mol. The summed E-state index contributed by atoms with van der Waals surface area (Å²) in [5.41, 5.74) is 1.21. The lowest BCUT2D eigenvalue weighted by atomic mass is 9.85. The third-order valence-electron chi connectivity index (χ3n) is 4.80. The summed E-state index contributed by atoms with van der Waals surface area (Å²) in [6.07, 6.45) is 0. The summed E-state index contributed by atoms with van der Waals surface area (Å²) in [5, 5.41) is 3.42. The van der Waals surface area contributed by atoms with Crippen molar-refractivity contribution in [3.63, 3.8) is 0 Å². The molecule has 7 heteroatoms. The first-order chi connectivity index (χ1) is 11.1. The van der Waals surface area contributed by atoms with Gasteiger partial charge in [-0.25, -0.2) is 8.42 Å². The molecule has 0 unspecified atom stereocenters. The number of hydrogen-bond donors (Lipinski definition) is 1. The highest BCUT2D eigenvalue weighted by Crippen LogP contribution is 2.25.